The highest BCUT2D eigenvalue weighted by Gasteiger charge is 2.19. The van der Waals surface area contributed by atoms with Crippen LogP contribution in [0.1, 0.15) is 5.69 Å². The number of nitriles is 1. The molecular weight excluding hydrogens is 548 g/mol. The predicted molar refractivity (Wildman–Crippen MR) is 184 cm³/mol. The van der Waals surface area contributed by atoms with E-state index in [4.69, 9.17) is 9.97 Å². The first kappa shape index (κ1) is 25.2. The Hall–Kier alpha value is -6.31. The van der Waals surface area contributed by atoms with Crippen molar-refractivity contribution in [3.05, 3.63) is 151 Å². The van der Waals surface area contributed by atoms with Gasteiger partial charge in [-0.2, -0.15) is 5.26 Å². The van der Waals surface area contributed by atoms with Gasteiger partial charge in [0, 0.05) is 16.2 Å². The van der Waals surface area contributed by atoms with Gasteiger partial charge in [0.1, 0.15) is 6.07 Å². The van der Waals surface area contributed by atoms with Gasteiger partial charge in [0.05, 0.1) is 16.6 Å². The fourth-order valence-electron chi connectivity index (χ4n) is 6.66. The summed E-state index contributed by atoms with van der Waals surface area (Å²) >= 11 is 0. The minimum atomic E-state index is 0.370. The first-order chi connectivity index (χ1) is 22.2. The zero-order valence-corrected chi connectivity index (χ0v) is 24.1. The third-order valence-corrected chi connectivity index (χ3v) is 8.85. The third-order valence-electron chi connectivity index (χ3n) is 8.85. The SMILES string of the molecule is N#Cc1nc(-n2c3ccc(-c4ccc(-c5ccc6ccccc6c5)cc4)cc3c3c4ccccc4ccc32)nc2ccccc12. The first-order valence-corrected chi connectivity index (χ1v) is 15.0. The van der Waals surface area contributed by atoms with Crippen molar-refractivity contribution in [1.29, 1.82) is 5.26 Å². The van der Waals surface area contributed by atoms with E-state index in [9.17, 15) is 5.26 Å². The highest BCUT2D eigenvalue weighted by atomic mass is 15.2. The van der Waals surface area contributed by atoms with Crippen LogP contribution in [0.25, 0.3) is 82.5 Å². The summed E-state index contributed by atoms with van der Waals surface area (Å²) in [5.74, 6) is 0.494. The van der Waals surface area contributed by atoms with Crippen LogP contribution in [0.15, 0.2) is 146 Å². The Kier molecular flexibility index (Phi) is 5.53. The Labute approximate surface area is 259 Å². The number of rotatable bonds is 3. The zero-order chi connectivity index (χ0) is 29.9. The molecule has 0 amide bonds. The summed E-state index contributed by atoms with van der Waals surface area (Å²) in [6, 6.07) is 53.2. The monoisotopic (exact) mass is 572 g/mol. The van der Waals surface area contributed by atoms with Gasteiger partial charge in [0.25, 0.3) is 0 Å². The number of hydrogen-bond acceptors (Lipinski definition) is 3. The van der Waals surface area contributed by atoms with Crippen molar-refractivity contribution in [3.8, 4) is 34.3 Å². The van der Waals surface area contributed by atoms with Crippen molar-refractivity contribution in [1.82, 2.24) is 14.5 Å². The molecule has 2 aromatic heterocycles. The molecule has 0 bridgehead atoms. The van der Waals surface area contributed by atoms with Gasteiger partial charge in [-0.3, -0.25) is 4.57 Å². The average Bonchev–Trinajstić information content (AvgIpc) is 3.45. The van der Waals surface area contributed by atoms with Gasteiger partial charge in [0.2, 0.25) is 5.95 Å². The van der Waals surface area contributed by atoms with Crippen LogP contribution in [0.4, 0.5) is 0 Å². The van der Waals surface area contributed by atoms with Crippen LogP contribution >= 0.6 is 0 Å². The lowest BCUT2D eigenvalue weighted by Crippen LogP contribution is -2.03. The molecule has 0 saturated heterocycles. The molecule has 0 aliphatic carbocycles. The van der Waals surface area contributed by atoms with Crippen LogP contribution < -0.4 is 0 Å². The summed E-state index contributed by atoms with van der Waals surface area (Å²) in [5, 5.41) is 17.8. The number of benzene rings is 7. The normalized spacial score (nSPS) is 11.5. The molecule has 0 aliphatic rings. The smallest absolute Gasteiger partial charge is 0.236 e. The minimum absolute atomic E-state index is 0.370. The van der Waals surface area contributed by atoms with E-state index in [0.717, 1.165) is 43.8 Å². The summed E-state index contributed by atoms with van der Waals surface area (Å²) < 4.78 is 2.09. The second kappa shape index (κ2) is 9.87. The molecule has 0 saturated carbocycles. The summed E-state index contributed by atoms with van der Waals surface area (Å²) in [7, 11) is 0. The van der Waals surface area contributed by atoms with Crippen molar-refractivity contribution in [2.75, 3.05) is 0 Å². The maximum absolute atomic E-state index is 9.98. The third kappa shape index (κ3) is 3.99. The van der Waals surface area contributed by atoms with Gasteiger partial charge >= 0.3 is 0 Å². The largest absolute Gasteiger partial charge is 0.278 e. The summed E-state index contributed by atoms with van der Waals surface area (Å²) in [5.41, 5.74) is 7.80. The van der Waals surface area contributed by atoms with Crippen molar-refractivity contribution >= 4 is 54.3 Å². The fraction of sp³-hybridized carbons (Fsp3) is 0. The van der Waals surface area contributed by atoms with E-state index < -0.39 is 0 Å². The highest BCUT2D eigenvalue weighted by Crippen LogP contribution is 2.39. The molecule has 0 fully saturated rings. The molecule has 208 valence electrons. The predicted octanol–water partition coefficient (Wildman–Crippen LogP) is 10.2. The lowest BCUT2D eigenvalue weighted by Gasteiger charge is -2.09. The molecule has 4 heteroatoms. The van der Waals surface area contributed by atoms with Crippen LogP contribution in [-0.4, -0.2) is 14.5 Å². The van der Waals surface area contributed by atoms with Crippen molar-refractivity contribution in [2.45, 2.75) is 0 Å². The van der Waals surface area contributed by atoms with Crippen molar-refractivity contribution in [3.63, 3.8) is 0 Å². The Balaban J connectivity index is 1.24. The maximum atomic E-state index is 9.98. The molecule has 9 rings (SSSR count). The molecule has 45 heavy (non-hydrogen) atoms. The summed E-state index contributed by atoms with van der Waals surface area (Å²) in [6.45, 7) is 0. The molecule has 9 aromatic rings. The van der Waals surface area contributed by atoms with Crippen molar-refractivity contribution < 1.29 is 0 Å². The molecule has 0 N–H and O–H groups in total. The van der Waals surface area contributed by atoms with Crippen LogP contribution in [0.2, 0.25) is 0 Å². The summed E-state index contributed by atoms with van der Waals surface area (Å²) in [6.07, 6.45) is 0. The van der Waals surface area contributed by atoms with Crippen LogP contribution in [0.5, 0.6) is 0 Å². The topological polar surface area (TPSA) is 54.5 Å². The van der Waals surface area contributed by atoms with Gasteiger partial charge in [-0.15, -0.1) is 0 Å². The molecule has 0 radical (unpaired) electrons. The number of para-hydroxylation sites is 1. The number of hydrogen-bond donors (Lipinski definition) is 0. The maximum Gasteiger partial charge on any atom is 0.236 e. The van der Waals surface area contributed by atoms with E-state index >= 15 is 0 Å². The lowest BCUT2D eigenvalue weighted by atomic mass is 9.97. The molecule has 0 unspecified atom stereocenters. The fourth-order valence-corrected chi connectivity index (χ4v) is 6.66. The molecule has 0 aliphatic heterocycles. The van der Waals surface area contributed by atoms with Gasteiger partial charge in [-0.25, -0.2) is 9.97 Å². The van der Waals surface area contributed by atoms with Crippen LogP contribution in [0.3, 0.4) is 0 Å². The Morgan fingerprint density at radius 3 is 1.87 bits per heavy atom. The standard InChI is InChI=1S/C41H24N4/c42-25-37-34-11-5-6-12-36(34)43-41(44-37)45-38-21-20-32(24-35(38)40-33-10-4-3-8-29(33)19-22-39(40)45)28-15-13-27(14-16-28)31-18-17-26-7-1-2-9-30(26)23-31/h1-24H. The average molecular weight is 573 g/mol. The van der Waals surface area contributed by atoms with E-state index in [1.165, 1.54) is 32.7 Å². The lowest BCUT2D eigenvalue weighted by molar-refractivity contribution is 1.00. The van der Waals surface area contributed by atoms with Crippen LogP contribution in [0, 0.1) is 11.3 Å². The first-order valence-electron chi connectivity index (χ1n) is 15.0. The van der Waals surface area contributed by atoms with Crippen LogP contribution in [-0.2, 0) is 0 Å². The van der Waals surface area contributed by atoms with E-state index in [0.29, 0.717) is 11.6 Å². The molecule has 4 nitrogen and oxygen atoms in total. The van der Waals surface area contributed by atoms with E-state index in [1.807, 2.05) is 24.3 Å². The Morgan fingerprint density at radius 2 is 1.07 bits per heavy atom. The van der Waals surface area contributed by atoms with Crippen molar-refractivity contribution in [2.24, 2.45) is 0 Å². The number of nitrogens with zero attached hydrogens (tertiary/aromatic N) is 4. The van der Waals surface area contributed by atoms with E-state index in [-0.39, 0.29) is 0 Å². The highest BCUT2D eigenvalue weighted by molar-refractivity contribution is 6.21. The molecule has 2 heterocycles. The second-order valence-electron chi connectivity index (χ2n) is 11.4. The Bertz CT molecular complexity index is 2660. The van der Waals surface area contributed by atoms with Gasteiger partial charge in [0.15, 0.2) is 5.69 Å². The molecule has 0 atom stereocenters. The quantitative estimate of drug-likeness (QED) is 0.212. The van der Waals surface area contributed by atoms with E-state index in [1.54, 1.807) is 0 Å². The van der Waals surface area contributed by atoms with E-state index in [2.05, 4.69) is 132 Å². The number of aromatic nitrogens is 3. The second-order valence-corrected chi connectivity index (χ2v) is 11.4. The number of fused-ring (bicyclic) bond motifs is 7. The van der Waals surface area contributed by atoms with Gasteiger partial charge in [-0.05, 0) is 80.2 Å². The molecule has 7 aromatic carbocycles. The van der Waals surface area contributed by atoms with Gasteiger partial charge < -0.3 is 0 Å². The molecule has 0 spiro atoms. The Morgan fingerprint density at radius 1 is 0.467 bits per heavy atom. The van der Waals surface area contributed by atoms with Gasteiger partial charge in [-0.1, -0.05) is 109 Å². The minimum Gasteiger partial charge on any atom is -0.278 e. The summed E-state index contributed by atoms with van der Waals surface area (Å²) in [4.78, 5) is 9.72. The molecular formula is C41H24N4. The zero-order valence-electron chi connectivity index (χ0n) is 24.1.